The summed E-state index contributed by atoms with van der Waals surface area (Å²) in [4.78, 5) is 0. The second-order valence-electron chi connectivity index (χ2n) is 4.04. The van der Waals surface area contributed by atoms with Crippen LogP contribution in [0.3, 0.4) is 0 Å². The number of phenols is 1. The maximum Gasteiger partial charge on any atom is 0.166 e. The van der Waals surface area contributed by atoms with E-state index in [4.69, 9.17) is 34.8 Å². The summed E-state index contributed by atoms with van der Waals surface area (Å²) in [6, 6.07) is 3.66. The average Bonchev–Trinajstić information content (AvgIpc) is 2.43. The highest BCUT2D eigenvalue weighted by atomic mass is 35.7. The van der Waals surface area contributed by atoms with Crippen LogP contribution in [0.25, 0.3) is 0 Å². The van der Waals surface area contributed by atoms with Crippen LogP contribution in [-0.2, 0) is 6.66 Å². The van der Waals surface area contributed by atoms with Crippen molar-refractivity contribution in [3.63, 3.8) is 0 Å². The van der Waals surface area contributed by atoms with E-state index in [9.17, 15) is 5.11 Å². The fourth-order valence-corrected chi connectivity index (χ4v) is 7.30. The highest BCUT2D eigenvalue weighted by molar-refractivity contribution is 7.79. The van der Waals surface area contributed by atoms with Gasteiger partial charge in [0.2, 0.25) is 0 Å². The topological polar surface area (TPSA) is 43.0 Å². The van der Waals surface area contributed by atoms with E-state index >= 15 is 0 Å². The van der Waals surface area contributed by atoms with Crippen LogP contribution in [0.4, 0.5) is 0 Å². The Balaban J connectivity index is 0.000000200. The van der Waals surface area contributed by atoms with Gasteiger partial charge in [-0.25, -0.2) is 0 Å². The predicted molar refractivity (Wildman–Crippen MR) is 92.8 cm³/mol. The minimum Gasteiger partial charge on any atom is -0.508 e. The molecule has 0 saturated heterocycles. The zero-order valence-electron chi connectivity index (χ0n) is 11.4. The Bertz CT molecular complexity index is 533. The van der Waals surface area contributed by atoms with E-state index in [2.05, 4.69) is 4.51 Å². The Labute approximate surface area is 137 Å². The number of halogens is 3. The highest BCUT2D eigenvalue weighted by Crippen LogP contribution is 2.42. The van der Waals surface area contributed by atoms with Crippen LogP contribution in [0.2, 0.25) is 0 Å². The van der Waals surface area contributed by atoms with Gasteiger partial charge in [-0.2, -0.15) is 11.7 Å². The Kier molecular flexibility index (Phi) is 7.29. The van der Waals surface area contributed by atoms with Crippen molar-refractivity contribution in [1.82, 2.24) is 11.7 Å². The van der Waals surface area contributed by atoms with E-state index in [0.717, 1.165) is 5.56 Å². The van der Waals surface area contributed by atoms with E-state index in [-0.39, 0.29) is 0 Å². The molecule has 0 aliphatic carbocycles. The molecule has 1 aromatic heterocycles. The smallest absolute Gasteiger partial charge is 0.166 e. The van der Waals surface area contributed by atoms with Crippen molar-refractivity contribution in [3.05, 3.63) is 28.8 Å². The molecule has 0 aliphatic rings. The maximum atomic E-state index is 9.22. The van der Waals surface area contributed by atoms with Crippen LogP contribution in [0.1, 0.15) is 16.7 Å². The average molecular weight is 393 g/mol. The van der Waals surface area contributed by atoms with Crippen molar-refractivity contribution in [2.24, 2.45) is 6.66 Å². The van der Waals surface area contributed by atoms with E-state index in [1.807, 2.05) is 33.5 Å². The number of hydrogen-bond acceptors (Lipinski definition) is 2. The highest BCUT2D eigenvalue weighted by Gasteiger charge is 2.01. The van der Waals surface area contributed by atoms with Crippen molar-refractivity contribution in [2.75, 3.05) is 0 Å². The van der Waals surface area contributed by atoms with Gasteiger partial charge in [0.25, 0.3) is 0 Å². The molecule has 2 atom stereocenters. The number of aromatic hydroxyl groups is 1. The van der Waals surface area contributed by atoms with Crippen LogP contribution in [0.15, 0.2) is 12.1 Å². The number of benzene rings is 1. The second kappa shape index (κ2) is 7.99. The second-order valence-corrected chi connectivity index (χ2v) is 11.2. The lowest BCUT2D eigenvalue weighted by atomic mass is 10.0. The third-order valence-corrected chi connectivity index (χ3v) is 11.1. The van der Waals surface area contributed by atoms with Crippen LogP contribution in [0.5, 0.6) is 5.75 Å². The third kappa shape index (κ3) is 4.60. The summed E-state index contributed by atoms with van der Waals surface area (Å²) >= 11 is 17.2. The fourth-order valence-electron chi connectivity index (χ4n) is 1.27. The van der Waals surface area contributed by atoms with Gasteiger partial charge in [0.05, 0.1) is 7.85 Å². The van der Waals surface area contributed by atoms with Gasteiger partial charge < -0.3 is 5.11 Å². The van der Waals surface area contributed by atoms with Gasteiger partial charge in [-0.1, -0.05) is 6.07 Å². The van der Waals surface area contributed by atoms with Crippen LogP contribution in [0, 0.1) is 20.8 Å². The molecule has 10 heteroatoms. The molecule has 0 radical (unpaired) electrons. The van der Waals surface area contributed by atoms with Gasteiger partial charge in [-0.3, -0.25) is 0 Å². The van der Waals surface area contributed by atoms with E-state index in [1.165, 1.54) is 18.3 Å². The van der Waals surface area contributed by atoms with Crippen molar-refractivity contribution >= 4 is 58.4 Å². The van der Waals surface area contributed by atoms with Crippen molar-refractivity contribution in [3.8, 4) is 5.75 Å². The Morgan fingerprint density at radius 2 is 1.80 bits per heavy atom. The largest absolute Gasteiger partial charge is 0.508 e. The molecule has 0 fully saturated rings. The minimum atomic E-state index is -1.06. The van der Waals surface area contributed by atoms with Gasteiger partial charge in [-0.05, 0) is 54.8 Å². The molecule has 0 saturated carbocycles. The standard InChI is InChI=1S/C9H12O.CH3Cl3N3P3/c1-6-4-5-9(10)8(3)7(6)2;1-9-5-8-6(2)10(4)7(9)3/h4-5,10H,1-3H3;1H3. The van der Waals surface area contributed by atoms with Gasteiger partial charge in [0.1, 0.15) is 5.75 Å². The lowest BCUT2D eigenvalue weighted by Crippen LogP contribution is -1.85. The Morgan fingerprint density at radius 3 is 2.30 bits per heavy atom. The summed E-state index contributed by atoms with van der Waals surface area (Å²) < 4.78 is 6.96. The molecule has 0 aliphatic heterocycles. The van der Waals surface area contributed by atoms with E-state index in [1.54, 1.807) is 6.07 Å². The summed E-state index contributed by atoms with van der Waals surface area (Å²) in [6.45, 7) is 7.92. The lowest BCUT2D eigenvalue weighted by molar-refractivity contribution is 0.470. The number of hydrogen-bond donors (Lipinski definition) is 1. The minimum absolute atomic E-state index is 0.392. The normalized spacial score (nSPS) is 12.2. The summed E-state index contributed by atoms with van der Waals surface area (Å²) in [5.74, 6) is 0.392. The first-order valence-electron chi connectivity index (χ1n) is 5.54. The predicted octanol–water partition coefficient (Wildman–Crippen LogP) is 6.22. The molecule has 1 N–H and O–H groups in total. The molecular weight excluding hydrogens is 377 g/mol. The molecule has 20 heavy (non-hydrogen) atoms. The number of aromatic nitrogens is 3. The molecule has 1 heterocycles. The van der Waals surface area contributed by atoms with Crippen LogP contribution in [-0.4, -0.2) is 16.8 Å². The van der Waals surface area contributed by atoms with Crippen LogP contribution < -0.4 is 0 Å². The first-order valence-corrected chi connectivity index (χ1v) is 10.9. The molecular formula is C10H15Cl3N3OP3. The van der Waals surface area contributed by atoms with Crippen molar-refractivity contribution in [2.45, 2.75) is 20.8 Å². The summed E-state index contributed by atoms with van der Waals surface area (Å²) in [5, 5.41) is 9.22. The van der Waals surface area contributed by atoms with Gasteiger partial charge >= 0.3 is 0 Å². The summed E-state index contributed by atoms with van der Waals surface area (Å²) in [6.07, 6.45) is 0. The first-order chi connectivity index (χ1) is 9.25. The molecule has 1 aromatic carbocycles. The number of phenolic OH excluding ortho intramolecular Hbond substituents is 1. The maximum absolute atomic E-state index is 9.22. The monoisotopic (exact) mass is 391 g/mol. The molecule has 0 spiro atoms. The number of rotatable bonds is 0. The molecule has 0 bridgehead atoms. The SMILES string of the molecule is Cc1ccc(O)c(C)c1C.Cp1npn(Cl)p(Cl)n1Cl. The third-order valence-electron chi connectivity index (χ3n) is 2.78. The number of nitrogens with zero attached hydrogens (tertiary/aromatic N) is 3. The molecule has 2 rings (SSSR count). The van der Waals surface area contributed by atoms with Gasteiger partial charge in [0, 0.05) is 30.2 Å². The molecule has 112 valence electrons. The Morgan fingerprint density at radius 1 is 1.20 bits per heavy atom. The molecule has 2 aromatic rings. The summed E-state index contributed by atoms with van der Waals surface area (Å²) in [7, 11) is -0.994. The molecule has 4 nitrogen and oxygen atoms in total. The zero-order chi connectivity index (χ0) is 15.4. The molecule has 0 amide bonds. The van der Waals surface area contributed by atoms with Crippen molar-refractivity contribution in [1.29, 1.82) is 0 Å². The van der Waals surface area contributed by atoms with E-state index in [0.29, 0.717) is 14.3 Å². The zero-order valence-corrected chi connectivity index (χ0v) is 16.4. The first kappa shape index (κ1) is 18.2. The van der Waals surface area contributed by atoms with E-state index < -0.39 is 15.1 Å². The molecule has 2 unspecified atom stereocenters. The van der Waals surface area contributed by atoms with Crippen molar-refractivity contribution < 1.29 is 5.11 Å². The van der Waals surface area contributed by atoms with Crippen LogP contribution >= 0.6 is 58.4 Å². The summed E-state index contributed by atoms with van der Waals surface area (Å²) in [5.41, 5.74) is 3.40. The van der Waals surface area contributed by atoms with Gasteiger partial charge in [-0.15, -0.1) is 0 Å². The lowest BCUT2D eigenvalue weighted by Gasteiger charge is -2.04. The fraction of sp³-hybridized carbons (Fsp3) is 0.400. The van der Waals surface area contributed by atoms with Gasteiger partial charge in [0.15, 0.2) is 15.7 Å². The quantitative estimate of drug-likeness (QED) is 0.578. The number of aryl methyl sites for hydroxylation is 2. The Hall–Kier alpha value is 0.190.